The highest BCUT2D eigenvalue weighted by Crippen LogP contribution is 2.26. The highest BCUT2D eigenvalue weighted by atomic mass is 35.5. The van der Waals surface area contributed by atoms with Crippen LogP contribution in [0.4, 0.5) is 0 Å². The number of aromatic amines is 1. The lowest BCUT2D eigenvalue weighted by Gasteiger charge is -2.30. The van der Waals surface area contributed by atoms with Crippen LogP contribution in [0.15, 0.2) is 29.1 Å². The smallest absolute Gasteiger partial charge is 0.281 e. The molecular formula is C17H19ClN6O3S. The molecule has 28 heavy (non-hydrogen) atoms. The van der Waals surface area contributed by atoms with Gasteiger partial charge in [0.05, 0.1) is 12.8 Å². The molecule has 1 fully saturated rings. The molecule has 0 bridgehead atoms. The second kappa shape index (κ2) is 7.26. The van der Waals surface area contributed by atoms with E-state index in [2.05, 4.69) is 20.3 Å². The average Bonchev–Trinajstić information content (AvgIpc) is 3.06. The highest BCUT2D eigenvalue weighted by Gasteiger charge is 2.29. The lowest BCUT2D eigenvalue weighted by atomic mass is 9.99. The molecule has 4 rings (SSSR count). The van der Waals surface area contributed by atoms with E-state index in [9.17, 15) is 13.2 Å². The summed E-state index contributed by atoms with van der Waals surface area (Å²) < 4.78 is 26.7. The predicted molar refractivity (Wildman–Crippen MR) is 105 cm³/mol. The number of hydrogen-bond acceptors (Lipinski definition) is 6. The van der Waals surface area contributed by atoms with Gasteiger partial charge in [-0.2, -0.15) is 0 Å². The Hall–Kier alpha value is -2.30. The van der Waals surface area contributed by atoms with Crippen LogP contribution in [0.3, 0.4) is 0 Å². The Morgan fingerprint density at radius 2 is 2.11 bits per heavy atom. The zero-order valence-electron chi connectivity index (χ0n) is 15.2. The van der Waals surface area contributed by atoms with Crippen molar-refractivity contribution in [2.45, 2.75) is 25.3 Å². The fourth-order valence-electron chi connectivity index (χ4n) is 3.44. The molecular weight excluding hydrogens is 404 g/mol. The molecule has 9 nitrogen and oxygen atoms in total. The predicted octanol–water partition coefficient (Wildman–Crippen LogP) is 1.36. The van der Waals surface area contributed by atoms with E-state index in [4.69, 9.17) is 11.6 Å². The summed E-state index contributed by atoms with van der Waals surface area (Å²) in [6, 6.07) is 7.36. The van der Waals surface area contributed by atoms with E-state index in [1.54, 1.807) is 6.07 Å². The maximum Gasteiger partial charge on any atom is 0.281 e. The van der Waals surface area contributed by atoms with Gasteiger partial charge < -0.3 is 4.98 Å². The summed E-state index contributed by atoms with van der Waals surface area (Å²) >= 11 is 6.22. The summed E-state index contributed by atoms with van der Waals surface area (Å²) in [5.74, 6) is 0.262. The van der Waals surface area contributed by atoms with Gasteiger partial charge in [-0.25, -0.2) is 22.4 Å². The molecule has 1 aromatic carbocycles. The van der Waals surface area contributed by atoms with E-state index < -0.39 is 10.0 Å². The minimum Gasteiger partial charge on any atom is -0.308 e. The summed E-state index contributed by atoms with van der Waals surface area (Å²) in [4.78, 5) is 19.8. The SMILES string of the molecule is CS(=O)(=O)N1CCCC(c2nc3c(nnn3Cc3ccccc3Cl)c(=O)[nH]2)C1. The van der Waals surface area contributed by atoms with Gasteiger partial charge in [0.15, 0.2) is 11.2 Å². The second-order valence-corrected chi connectivity index (χ2v) is 9.31. The standard InChI is InChI=1S/C17H19ClN6O3S/c1-28(26,27)23-8-4-6-12(9-23)15-19-16-14(17(25)20-15)21-22-24(16)10-11-5-2-3-7-13(11)18/h2-3,5,7,12H,4,6,8-10H2,1H3,(H,19,20,25). The number of nitrogens with zero attached hydrogens (tertiary/aromatic N) is 5. The first-order chi connectivity index (χ1) is 13.3. The Bertz CT molecular complexity index is 1190. The summed E-state index contributed by atoms with van der Waals surface area (Å²) in [6.07, 6.45) is 2.64. The molecule has 0 aliphatic carbocycles. The molecule has 2 aromatic heterocycles. The summed E-state index contributed by atoms with van der Waals surface area (Å²) in [7, 11) is -3.29. The molecule has 0 saturated carbocycles. The number of sulfonamides is 1. The first-order valence-electron chi connectivity index (χ1n) is 8.85. The van der Waals surface area contributed by atoms with Crippen LogP contribution in [0.25, 0.3) is 11.2 Å². The van der Waals surface area contributed by atoms with E-state index in [0.717, 1.165) is 12.0 Å². The van der Waals surface area contributed by atoms with Gasteiger partial charge in [0.25, 0.3) is 5.56 Å². The van der Waals surface area contributed by atoms with Crippen molar-refractivity contribution in [3.05, 3.63) is 51.0 Å². The molecule has 3 aromatic rings. The van der Waals surface area contributed by atoms with Crippen LogP contribution in [-0.2, 0) is 16.6 Å². The second-order valence-electron chi connectivity index (χ2n) is 6.92. The molecule has 1 aliphatic rings. The number of rotatable bonds is 4. The van der Waals surface area contributed by atoms with Crippen molar-refractivity contribution in [3.8, 4) is 0 Å². The number of H-pyrrole nitrogens is 1. The van der Waals surface area contributed by atoms with Crippen LogP contribution >= 0.6 is 11.6 Å². The topological polar surface area (TPSA) is 114 Å². The van der Waals surface area contributed by atoms with Crippen LogP contribution in [0.1, 0.15) is 30.1 Å². The Labute approximate surface area is 166 Å². The van der Waals surface area contributed by atoms with Crippen LogP contribution in [0.5, 0.6) is 0 Å². The van der Waals surface area contributed by atoms with Crippen molar-refractivity contribution in [2.75, 3.05) is 19.3 Å². The Kier molecular flexibility index (Phi) is 4.94. The zero-order chi connectivity index (χ0) is 19.9. The Morgan fingerprint density at radius 3 is 2.86 bits per heavy atom. The third-order valence-electron chi connectivity index (χ3n) is 4.91. The largest absolute Gasteiger partial charge is 0.308 e. The average molecular weight is 423 g/mol. The quantitative estimate of drug-likeness (QED) is 0.678. The number of piperidine rings is 1. The fraction of sp³-hybridized carbons (Fsp3) is 0.412. The minimum absolute atomic E-state index is 0.145. The number of fused-ring (bicyclic) bond motifs is 1. The normalized spacial score (nSPS) is 18.6. The van der Waals surface area contributed by atoms with E-state index in [0.29, 0.717) is 42.5 Å². The van der Waals surface area contributed by atoms with Crippen molar-refractivity contribution in [2.24, 2.45) is 0 Å². The summed E-state index contributed by atoms with van der Waals surface area (Å²) in [6.45, 7) is 1.10. The maximum atomic E-state index is 12.5. The van der Waals surface area contributed by atoms with Crippen LogP contribution < -0.4 is 5.56 Å². The highest BCUT2D eigenvalue weighted by molar-refractivity contribution is 7.88. The molecule has 1 unspecified atom stereocenters. The summed E-state index contributed by atoms with van der Waals surface area (Å²) in [5.41, 5.74) is 0.948. The van der Waals surface area contributed by atoms with E-state index >= 15 is 0 Å². The zero-order valence-corrected chi connectivity index (χ0v) is 16.7. The van der Waals surface area contributed by atoms with Crippen molar-refractivity contribution in [1.29, 1.82) is 0 Å². The van der Waals surface area contributed by atoms with Crippen molar-refractivity contribution < 1.29 is 8.42 Å². The lowest BCUT2D eigenvalue weighted by Crippen LogP contribution is -2.39. The monoisotopic (exact) mass is 422 g/mol. The third-order valence-corrected chi connectivity index (χ3v) is 6.55. The number of hydrogen-bond donors (Lipinski definition) is 1. The first-order valence-corrected chi connectivity index (χ1v) is 11.1. The molecule has 1 N–H and O–H groups in total. The first kappa shape index (κ1) is 19.0. The van der Waals surface area contributed by atoms with Gasteiger partial charge in [-0.05, 0) is 24.5 Å². The molecule has 148 valence electrons. The Balaban J connectivity index is 1.71. The minimum atomic E-state index is -3.29. The van der Waals surface area contributed by atoms with Crippen LogP contribution in [-0.4, -0.2) is 57.0 Å². The van der Waals surface area contributed by atoms with Crippen molar-refractivity contribution in [3.63, 3.8) is 0 Å². The van der Waals surface area contributed by atoms with Gasteiger partial charge >= 0.3 is 0 Å². The fourth-order valence-corrected chi connectivity index (χ4v) is 4.54. The maximum absolute atomic E-state index is 12.5. The van der Waals surface area contributed by atoms with Crippen molar-refractivity contribution in [1.82, 2.24) is 29.3 Å². The van der Waals surface area contributed by atoms with Gasteiger partial charge in [0.2, 0.25) is 10.0 Å². The molecule has 0 radical (unpaired) electrons. The number of benzene rings is 1. The molecule has 3 heterocycles. The van der Waals surface area contributed by atoms with Crippen LogP contribution in [0, 0.1) is 0 Å². The van der Waals surface area contributed by atoms with Gasteiger partial charge in [-0.1, -0.05) is 35.0 Å². The molecule has 0 amide bonds. The third kappa shape index (κ3) is 3.67. The van der Waals surface area contributed by atoms with Gasteiger partial charge in [0, 0.05) is 24.0 Å². The molecule has 11 heteroatoms. The molecule has 1 aliphatic heterocycles. The van der Waals surface area contributed by atoms with Gasteiger partial charge in [0.1, 0.15) is 5.82 Å². The number of nitrogens with one attached hydrogen (secondary N) is 1. The van der Waals surface area contributed by atoms with Crippen molar-refractivity contribution >= 4 is 32.8 Å². The molecule has 1 saturated heterocycles. The van der Waals surface area contributed by atoms with Gasteiger partial charge in [-0.3, -0.25) is 4.79 Å². The summed E-state index contributed by atoms with van der Waals surface area (Å²) in [5, 5.41) is 8.58. The van der Waals surface area contributed by atoms with E-state index in [1.807, 2.05) is 18.2 Å². The number of aromatic nitrogens is 5. The number of halogens is 1. The Morgan fingerprint density at radius 1 is 1.32 bits per heavy atom. The molecule has 1 atom stereocenters. The van der Waals surface area contributed by atoms with Gasteiger partial charge in [-0.15, -0.1) is 5.10 Å². The molecule has 0 spiro atoms. The van der Waals surface area contributed by atoms with E-state index in [-0.39, 0.29) is 17.0 Å². The lowest BCUT2D eigenvalue weighted by molar-refractivity contribution is 0.311. The van der Waals surface area contributed by atoms with E-state index in [1.165, 1.54) is 15.2 Å². The van der Waals surface area contributed by atoms with Crippen LogP contribution in [0.2, 0.25) is 5.02 Å².